The lowest BCUT2D eigenvalue weighted by molar-refractivity contribution is -0.127. The molecule has 5 nitrogen and oxygen atoms in total. The number of nitrogens with one attached hydrogen (secondary N) is 1. The van der Waals surface area contributed by atoms with Crippen LogP contribution in [0.1, 0.15) is 31.7 Å². The van der Waals surface area contributed by atoms with Gasteiger partial charge in [-0.15, -0.1) is 0 Å². The van der Waals surface area contributed by atoms with E-state index < -0.39 is 5.54 Å². The molecule has 1 aliphatic heterocycles. The maximum absolute atomic E-state index is 12.6. The van der Waals surface area contributed by atoms with E-state index in [1.54, 1.807) is 12.0 Å². The number of para-hydroxylation sites is 1. The largest absolute Gasteiger partial charge is 0.385 e. The molecule has 1 aliphatic rings. The van der Waals surface area contributed by atoms with Crippen molar-refractivity contribution in [1.29, 1.82) is 0 Å². The maximum Gasteiger partial charge on any atom is 0.246 e. The van der Waals surface area contributed by atoms with Crippen LogP contribution >= 0.6 is 0 Å². The molecule has 1 heterocycles. The summed E-state index contributed by atoms with van der Waals surface area (Å²) in [7, 11) is 1.64. The minimum absolute atomic E-state index is 0.00356. The Hall–Kier alpha value is -1.88. The Balaban J connectivity index is 2.18. The van der Waals surface area contributed by atoms with Crippen molar-refractivity contribution < 1.29 is 14.3 Å². The predicted octanol–water partition coefficient (Wildman–Crippen LogP) is 2.03. The zero-order chi connectivity index (χ0) is 16.2. The molecule has 1 aromatic carbocycles. The number of rotatable bonds is 6. The van der Waals surface area contributed by atoms with Gasteiger partial charge in [-0.2, -0.15) is 0 Å². The topological polar surface area (TPSA) is 58.6 Å². The SMILES string of the molecule is COCCCNC(=O)[C@]1(C)CCC(=O)N1c1ccccc1C. The van der Waals surface area contributed by atoms with Crippen molar-refractivity contribution in [2.75, 3.05) is 25.2 Å². The maximum atomic E-state index is 12.6. The quantitative estimate of drug-likeness (QED) is 0.818. The number of ether oxygens (including phenoxy) is 1. The van der Waals surface area contributed by atoms with Crippen molar-refractivity contribution >= 4 is 17.5 Å². The summed E-state index contributed by atoms with van der Waals surface area (Å²) in [6, 6.07) is 7.68. The standard InChI is InChI=1S/C17H24N2O3/c1-13-7-4-5-8-14(13)19-15(20)9-10-17(19,2)16(21)18-11-6-12-22-3/h4-5,7-8H,6,9-12H2,1-3H3,(H,18,21)/t17-/m0/s1. The molecule has 2 amide bonds. The van der Waals surface area contributed by atoms with Crippen LogP contribution in [0.2, 0.25) is 0 Å². The lowest BCUT2D eigenvalue weighted by Crippen LogP contribution is -2.55. The van der Waals surface area contributed by atoms with Gasteiger partial charge in [-0.1, -0.05) is 18.2 Å². The molecule has 0 aliphatic carbocycles. The zero-order valence-corrected chi connectivity index (χ0v) is 13.5. The highest BCUT2D eigenvalue weighted by Crippen LogP contribution is 2.36. The Labute approximate surface area is 131 Å². The summed E-state index contributed by atoms with van der Waals surface area (Å²) in [5.41, 5.74) is 0.992. The van der Waals surface area contributed by atoms with Gasteiger partial charge in [0.15, 0.2) is 0 Å². The summed E-state index contributed by atoms with van der Waals surface area (Å²) in [6.45, 7) is 4.96. The van der Waals surface area contributed by atoms with E-state index in [4.69, 9.17) is 4.74 Å². The van der Waals surface area contributed by atoms with Gasteiger partial charge in [0.1, 0.15) is 5.54 Å². The van der Waals surface area contributed by atoms with Crippen LogP contribution < -0.4 is 10.2 Å². The van der Waals surface area contributed by atoms with Crippen LogP contribution in [0.25, 0.3) is 0 Å². The first-order chi connectivity index (χ1) is 10.5. The fourth-order valence-corrected chi connectivity index (χ4v) is 2.89. The summed E-state index contributed by atoms with van der Waals surface area (Å²) in [6.07, 6.45) is 1.70. The Morgan fingerprint density at radius 2 is 2.14 bits per heavy atom. The Morgan fingerprint density at radius 3 is 2.82 bits per heavy atom. The second-order valence-electron chi connectivity index (χ2n) is 5.89. The van der Waals surface area contributed by atoms with Crippen LogP contribution in [0.15, 0.2) is 24.3 Å². The van der Waals surface area contributed by atoms with Gasteiger partial charge in [0.05, 0.1) is 0 Å². The minimum Gasteiger partial charge on any atom is -0.385 e. The zero-order valence-electron chi connectivity index (χ0n) is 13.5. The van der Waals surface area contributed by atoms with Gasteiger partial charge in [-0.25, -0.2) is 0 Å². The minimum atomic E-state index is -0.823. The Morgan fingerprint density at radius 1 is 1.41 bits per heavy atom. The van der Waals surface area contributed by atoms with E-state index in [2.05, 4.69) is 5.32 Å². The summed E-state index contributed by atoms with van der Waals surface area (Å²) in [5, 5.41) is 2.93. The molecule has 0 radical (unpaired) electrons. The fraction of sp³-hybridized carbons (Fsp3) is 0.529. The third-order valence-corrected chi connectivity index (χ3v) is 4.22. The Bertz CT molecular complexity index is 559. The van der Waals surface area contributed by atoms with Crippen LogP contribution in [0.3, 0.4) is 0 Å². The first kappa shape index (κ1) is 16.5. The van der Waals surface area contributed by atoms with E-state index in [-0.39, 0.29) is 11.8 Å². The molecule has 0 spiro atoms. The van der Waals surface area contributed by atoms with Crippen molar-refractivity contribution in [3.05, 3.63) is 29.8 Å². The van der Waals surface area contributed by atoms with Gasteiger partial charge in [-0.3, -0.25) is 14.5 Å². The number of anilines is 1. The van der Waals surface area contributed by atoms with E-state index in [0.29, 0.717) is 26.0 Å². The molecule has 1 saturated heterocycles. The molecule has 22 heavy (non-hydrogen) atoms. The third-order valence-electron chi connectivity index (χ3n) is 4.22. The monoisotopic (exact) mass is 304 g/mol. The Kier molecular flexibility index (Phi) is 5.19. The summed E-state index contributed by atoms with van der Waals surface area (Å²) >= 11 is 0. The number of methoxy groups -OCH3 is 1. The number of aryl methyl sites for hydroxylation is 1. The first-order valence-corrected chi connectivity index (χ1v) is 7.66. The van der Waals surface area contributed by atoms with Crippen LogP contribution in [-0.4, -0.2) is 37.6 Å². The summed E-state index contributed by atoms with van der Waals surface area (Å²) in [5.74, 6) is -0.0958. The lowest BCUT2D eigenvalue weighted by Gasteiger charge is -2.34. The molecule has 1 fully saturated rings. The van der Waals surface area contributed by atoms with Gasteiger partial charge in [0.25, 0.3) is 0 Å². The number of carbonyl (C=O) groups excluding carboxylic acids is 2. The number of benzene rings is 1. The second kappa shape index (κ2) is 6.92. The van der Waals surface area contributed by atoms with Gasteiger partial charge >= 0.3 is 0 Å². The molecule has 1 aromatic rings. The van der Waals surface area contributed by atoms with E-state index in [1.165, 1.54) is 0 Å². The number of hydrogen-bond donors (Lipinski definition) is 1. The van der Waals surface area contributed by atoms with Crippen molar-refractivity contribution in [3.8, 4) is 0 Å². The average Bonchev–Trinajstić information content (AvgIpc) is 2.81. The average molecular weight is 304 g/mol. The number of hydrogen-bond acceptors (Lipinski definition) is 3. The molecule has 1 atom stereocenters. The highest BCUT2D eigenvalue weighted by atomic mass is 16.5. The van der Waals surface area contributed by atoms with Crippen molar-refractivity contribution in [3.63, 3.8) is 0 Å². The van der Waals surface area contributed by atoms with E-state index in [0.717, 1.165) is 17.7 Å². The summed E-state index contributed by atoms with van der Waals surface area (Å²) in [4.78, 5) is 26.6. The van der Waals surface area contributed by atoms with Gasteiger partial charge < -0.3 is 10.1 Å². The van der Waals surface area contributed by atoms with E-state index in [9.17, 15) is 9.59 Å². The molecule has 0 unspecified atom stereocenters. The first-order valence-electron chi connectivity index (χ1n) is 7.66. The molecule has 0 saturated carbocycles. The van der Waals surface area contributed by atoms with Crippen LogP contribution in [0.4, 0.5) is 5.69 Å². The summed E-state index contributed by atoms with van der Waals surface area (Å²) < 4.78 is 4.98. The van der Waals surface area contributed by atoms with E-state index in [1.807, 2.05) is 38.1 Å². The van der Waals surface area contributed by atoms with E-state index >= 15 is 0 Å². The highest BCUT2D eigenvalue weighted by Gasteiger charge is 2.48. The van der Waals surface area contributed by atoms with Crippen molar-refractivity contribution in [2.24, 2.45) is 0 Å². The number of nitrogens with zero attached hydrogens (tertiary/aromatic N) is 1. The number of amides is 2. The van der Waals surface area contributed by atoms with Crippen molar-refractivity contribution in [2.45, 2.75) is 38.6 Å². The third kappa shape index (κ3) is 3.14. The molecule has 2 rings (SSSR count). The molecule has 120 valence electrons. The molecular weight excluding hydrogens is 280 g/mol. The van der Waals surface area contributed by atoms with Crippen LogP contribution in [0.5, 0.6) is 0 Å². The molecule has 0 aromatic heterocycles. The van der Waals surface area contributed by atoms with Gasteiger partial charge in [0, 0.05) is 32.4 Å². The fourth-order valence-electron chi connectivity index (χ4n) is 2.89. The predicted molar refractivity (Wildman–Crippen MR) is 85.8 cm³/mol. The molecule has 1 N–H and O–H groups in total. The normalized spacial score (nSPS) is 21.2. The smallest absolute Gasteiger partial charge is 0.246 e. The van der Waals surface area contributed by atoms with Gasteiger partial charge in [-0.05, 0) is 38.3 Å². The van der Waals surface area contributed by atoms with Crippen molar-refractivity contribution in [1.82, 2.24) is 5.32 Å². The lowest BCUT2D eigenvalue weighted by atomic mass is 9.96. The van der Waals surface area contributed by atoms with Gasteiger partial charge in [0.2, 0.25) is 11.8 Å². The highest BCUT2D eigenvalue weighted by molar-refractivity contribution is 6.06. The molecule has 5 heteroatoms. The number of carbonyl (C=O) groups is 2. The van der Waals surface area contributed by atoms with Crippen LogP contribution in [-0.2, 0) is 14.3 Å². The molecule has 0 bridgehead atoms. The molecular formula is C17H24N2O3. The van der Waals surface area contributed by atoms with Crippen LogP contribution in [0, 0.1) is 6.92 Å². The second-order valence-corrected chi connectivity index (χ2v) is 5.89.